The second-order valence-corrected chi connectivity index (χ2v) is 4.49. The average Bonchev–Trinajstić information content (AvgIpc) is 2.63. The van der Waals surface area contributed by atoms with Gasteiger partial charge in [-0.3, -0.25) is 0 Å². The number of hydrogen-bond donors (Lipinski definition) is 2. The molecule has 0 amide bonds. The van der Waals surface area contributed by atoms with Crippen LogP contribution in [0.5, 0.6) is 0 Å². The lowest BCUT2D eigenvalue weighted by molar-refractivity contribution is 0.284. The van der Waals surface area contributed by atoms with Crippen LogP contribution in [0.1, 0.15) is 18.0 Å². The summed E-state index contributed by atoms with van der Waals surface area (Å²) in [4.78, 5) is 1.40. The van der Waals surface area contributed by atoms with Crippen molar-refractivity contribution >= 4 is 11.8 Å². The topological polar surface area (TPSA) is 32.3 Å². The smallest absolute Gasteiger partial charge is 0.0443 e. The van der Waals surface area contributed by atoms with Crippen molar-refractivity contribution in [2.75, 3.05) is 18.9 Å². The Morgan fingerprint density at radius 3 is 3.14 bits per heavy atom. The highest BCUT2D eigenvalue weighted by Gasteiger charge is 2.21. The molecule has 76 valence electrons. The Morgan fingerprint density at radius 2 is 2.29 bits per heavy atom. The molecule has 1 aromatic carbocycles. The minimum atomic E-state index is 0.272. The van der Waals surface area contributed by atoms with Crippen LogP contribution < -0.4 is 5.32 Å². The van der Waals surface area contributed by atoms with E-state index in [-0.39, 0.29) is 6.61 Å². The molecule has 0 saturated heterocycles. The van der Waals surface area contributed by atoms with Crippen molar-refractivity contribution in [3.8, 4) is 0 Å². The van der Waals surface area contributed by atoms with E-state index < -0.39 is 0 Å². The molecule has 2 N–H and O–H groups in total. The zero-order chi connectivity index (χ0) is 9.80. The fourth-order valence-electron chi connectivity index (χ4n) is 1.69. The molecule has 1 unspecified atom stereocenters. The Morgan fingerprint density at radius 1 is 1.43 bits per heavy atom. The summed E-state index contributed by atoms with van der Waals surface area (Å²) < 4.78 is 0. The maximum absolute atomic E-state index is 8.69. The van der Waals surface area contributed by atoms with Crippen LogP contribution in [-0.4, -0.2) is 24.0 Å². The zero-order valence-corrected chi connectivity index (χ0v) is 8.89. The second-order valence-electron chi connectivity index (χ2n) is 3.43. The van der Waals surface area contributed by atoms with Gasteiger partial charge in [-0.05, 0) is 24.6 Å². The predicted molar refractivity (Wildman–Crippen MR) is 59.6 cm³/mol. The lowest BCUT2D eigenvalue weighted by Crippen LogP contribution is -2.22. The van der Waals surface area contributed by atoms with Crippen LogP contribution in [0.15, 0.2) is 29.2 Å². The predicted octanol–water partition coefficient (Wildman–Crippen LogP) is 1.81. The van der Waals surface area contributed by atoms with Crippen molar-refractivity contribution in [1.82, 2.24) is 5.32 Å². The molecule has 1 aliphatic heterocycles. The summed E-state index contributed by atoms with van der Waals surface area (Å²) in [7, 11) is 0. The van der Waals surface area contributed by atoms with Crippen molar-refractivity contribution in [3.63, 3.8) is 0 Å². The van der Waals surface area contributed by atoms with E-state index in [9.17, 15) is 0 Å². The summed E-state index contributed by atoms with van der Waals surface area (Å²) in [5.74, 6) is 1.12. The monoisotopic (exact) mass is 209 g/mol. The molecular formula is C11H15NOS. The van der Waals surface area contributed by atoms with Gasteiger partial charge in [-0.2, -0.15) is 0 Å². The maximum Gasteiger partial charge on any atom is 0.0443 e. The Kier molecular flexibility index (Phi) is 3.45. The van der Waals surface area contributed by atoms with E-state index in [1.54, 1.807) is 0 Å². The minimum absolute atomic E-state index is 0.272. The lowest BCUT2D eigenvalue weighted by Gasteiger charge is -2.12. The molecule has 1 atom stereocenters. The molecule has 2 nitrogen and oxygen atoms in total. The summed E-state index contributed by atoms with van der Waals surface area (Å²) in [6.07, 6.45) is 0.837. The van der Waals surface area contributed by atoms with Gasteiger partial charge in [0, 0.05) is 23.3 Å². The van der Waals surface area contributed by atoms with Crippen LogP contribution in [-0.2, 0) is 0 Å². The third kappa shape index (κ3) is 2.11. The highest BCUT2D eigenvalue weighted by Crippen LogP contribution is 2.37. The number of nitrogens with one attached hydrogen (secondary N) is 1. The van der Waals surface area contributed by atoms with Crippen LogP contribution in [0, 0.1) is 0 Å². The molecule has 0 radical (unpaired) electrons. The van der Waals surface area contributed by atoms with Gasteiger partial charge in [-0.1, -0.05) is 18.2 Å². The third-order valence-electron chi connectivity index (χ3n) is 2.43. The maximum atomic E-state index is 8.69. The first-order valence-electron chi connectivity index (χ1n) is 4.98. The largest absolute Gasteiger partial charge is 0.396 e. The van der Waals surface area contributed by atoms with Gasteiger partial charge in [0.25, 0.3) is 0 Å². The molecule has 0 saturated carbocycles. The first kappa shape index (κ1) is 10.0. The van der Waals surface area contributed by atoms with E-state index in [4.69, 9.17) is 5.11 Å². The zero-order valence-electron chi connectivity index (χ0n) is 8.07. The molecule has 3 heteroatoms. The van der Waals surface area contributed by atoms with E-state index in [0.29, 0.717) is 6.04 Å². The van der Waals surface area contributed by atoms with E-state index in [1.807, 2.05) is 11.8 Å². The molecule has 1 aliphatic rings. The van der Waals surface area contributed by atoms with Gasteiger partial charge >= 0.3 is 0 Å². The summed E-state index contributed by atoms with van der Waals surface area (Å²) >= 11 is 1.91. The molecule has 1 heterocycles. The number of rotatable bonds is 4. The Balaban J connectivity index is 1.96. The molecule has 0 aliphatic carbocycles. The van der Waals surface area contributed by atoms with Crippen LogP contribution in [0.25, 0.3) is 0 Å². The second kappa shape index (κ2) is 4.82. The first-order chi connectivity index (χ1) is 6.92. The highest BCUT2D eigenvalue weighted by molar-refractivity contribution is 7.99. The number of benzene rings is 1. The van der Waals surface area contributed by atoms with Crippen LogP contribution in [0.3, 0.4) is 0 Å². The van der Waals surface area contributed by atoms with E-state index in [2.05, 4.69) is 29.6 Å². The van der Waals surface area contributed by atoms with Crippen molar-refractivity contribution in [2.24, 2.45) is 0 Å². The number of hydrogen-bond acceptors (Lipinski definition) is 3. The van der Waals surface area contributed by atoms with Crippen molar-refractivity contribution in [1.29, 1.82) is 0 Å². The van der Waals surface area contributed by atoms with Crippen LogP contribution in [0.2, 0.25) is 0 Å². The number of thioether (sulfide) groups is 1. The molecule has 1 aromatic rings. The van der Waals surface area contributed by atoms with Gasteiger partial charge in [0.2, 0.25) is 0 Å². The first-order valence-corrected chi connectivity index (χ1v) is 5.96. The number of fused-ring (bicyclic) bond motifs is 1. The molecular weight excluding hydrogens is 194 g/mol. The molecule has 14 heavy (non-hydrogen) atoms. The lowest BCUT2D eigenvalue weighted by atomic mass is 10.1. The number of aliphatic hydroxyl groups is 1. The molecule has 0 fully saturated rings. The molecule has 0 aromatic heterocycles. The quantitative estimate of drug-likeness (QED) is 0.742. The highest BCUT2D eigenvalue weighted by atomic mass is 32.2. The Labute approximate surface area is 88.7 Å². The van der Waals surface area contributed by atoms with Gasteiger partial charge in [-0.25, -0.2) is 0 Å². The van der Waals surface area contributed by atoms with Gasteiger partial charge in [0.15, 0.2) is 0 Å². The summed E-state index contributed by atoms with van der Waals surface area (Å²) in [6, 6.07) is 9.01. The Hall–Kier alpha value is -0.510. The van der Waals surface area contributed by atoms with E-state index >= 15 is 0 Å². The summed E-state index contributed by atoms with van der Waals surface area (Å²) in [5.41, 5.74) is 1.41. The van der Waals surface area contributed by atoms with Crippen molar-refractivity contribution in [2.45, 2.75) is 17.4 Å². The van der Waals surface area contributed by atoms with Crippen LogP contribution >= 0.6 is 11.8 Å². The molecule has 0 spiro atoms. The summed E-state index contributed by atoms with van der Waals surface area (Å²) in [5, 5.41) is 12.1. The van der Waals surface area contributed by atoms with Gasteiger partial charge in [0.05, 0.1) is 0 Å². The average molecular weight is 209 g/mol. The van der Waals surface area contributed by atoms with E-state index in [0.717, 1.165) is 18.7 Å². The Bertz CT molecular complexity index is 303. The molecule has 0 bridgehead atoms. The normalized spacial score (nSPS) is 19.6. The van der Waals surface area contributed by atoms with Crippen LogP contribution in [0.4, 0.5) is 0 Å². The summed E-state index contributed by atoms with van der Waals surface area (Å²) in [6.45, 7) is 1.17. The SMILES string of the molecule is OCCCNC1CSc2ccccc21. The van der Waals surface area contributed by atoms with Gasteiger partial charge < -0.3 is 10.4 Å². The van der Waals surface area contributed by atoms with E-state index in [1.165, 1.54) is 10.5 Å². The minimum Gasteiger partial charge on any atom is -0.396 e. The van der Waals surface area contributed by atoms with Crippen molar-refractivity contribution < 1.29 is 5.11 Å². The third-order valence-corrected chi connectivity index (χ3v) is 3.61. The van der Waals surface area contributed by atoms with Gasteiger partial charge in [0.1, 0.15) is 0 Å². The fourth-order valence-corrected chi connectivity index (χ4v) is 2.88. The molecule has 2 rings (SSSR count). The van der Waals surface area contributed by atoms with Gasteiger partial charge in [-0.15, -0.1) is 11.8 Å². The van der Waals surface area contributed by atoms with Crippen molar-refractivity contribution in [3.05, 3.63) is 29.8 Å². The number of aliphatic hydroxyl groups excluding tert-OH is 1. The standard InChI is InChI=1S/C11H15NOS/c13-7-3-6-12-10-8-14-11-5-2-1-4-9(10)11/h1-2,4-5,10,12-13H,3,6-8H2. The fraction of sp³-hybridized carbons (Fsp3) is 0.455.